The van der Waals surface area contributed by atoms with Crippen LogP contribution < -0.4 is 21.6 Å². The van der Waals surface area contributed by atoms with Crippen LogP contribution in [0.4, 0.5) is 5.69 Å². The van der Waals surface area contributed by atoms with E-state index in [1.165, 1.54) is 10.9 Å². The summed E-state index contributed by atoms with van der Waals surface area (Å²) in [5.41, 5.74) is 8.09. The standard InChI is InChI=1S/C20H21N5O3/c1-13-7-8-16(14(2)9-13)21-11-19(27)23-24-20(28)12-25-17-6-4-3-5-15(17)18(26)10-22-25/h3-10,21H,11-12H2,1-2H3,(H,23,27)(H,24,28). The summed E-state index contributed by atoms with van der Waals surface area (Å²) >= 11 is 0. The van der Waals surface area contributed by atoms with Crippen molar-refractivity contribution in [1.29, 1.82) is 0 Å². The van der Waals surface area contributed by atoms with Gasteiger partial charge in [-0.05, 0) is 37.6 Å². The van der Waals surface area contributed by atoms with E-state index >= 15 is 0 Å². The Morgan fingerprint density at radius 1 is 1.04 bits per heavy atom. The maximum atomic E-state index is 12.1. The molecule has 0 unspecified atom stereocenters. The number of carbonyl (C=O) groups is 2. The monoisotopic (exact) mass is 379 g/mol. The van der Waals surface area contributed by atoms with Crippen LogP contribution in [0.1, 0.15) is 11.1 Å². The predicted molar refractivity (Wildman–Crippen MR) is 107 cm³/mol. The second-order valence-electron chi connectivity index (χ2n) is 6.45. The van der Waals surface area contributed by atoms with Gasteiger partial charge < -0.3 is 5.32 Å². The lowest BCUT2D eigenvalue weighted by Gasteiger charge is -2.12. The van der Waals surface area contributed by atoms with Crippen molar-refractivity contribution in [1.82, 2.24) is 20.6 Å². The first-order valence-electron chi connectivity index (χ1n) is 8.78. The average molecular weight is 379 g/mol. The van der Waals surface area contributed by atoms with Crippen LogP contribution in [0, 0.1) is 13.8 Å². The zero-order valence-corrected chi connectivity index (χ0v) is 15.7. The van der Waals surface area contributed by atoms with E-state index in [0.29, 0.717) is 10.9 Å². The molecule has 8 nitrogen and oxygen atoms in total. The van der Waals surface area contributed by atoms with Gasteiger partial charge in [0.25, 0.3) is 11.8 Å². The van der Waals surface area contributed by atoms with Crippen LogP contribution in [0.25, 0.3) is 10.9 Å². The van der Waals surface area contributed by atoms with Gasteiger partial charge in [-0.3, -0.25) is 29.9 Å². The maximum absolute atomic E-state index is 12.1. The summed E-state index contributed by atoms with van der Waals surface area (Å²) in [7, 11) is 0. The summed E-state index contributed by atoms with van der Waals surface area (Å²) in [5, 5.41) is 7.49. The Balaban J connectivity index is 1.54. The van der Waals surface area contributed by atoms with Crippen molar-refractivity contribution in [2.45, 2.75) is 20.4 Å². The van der Waals surface area contributed by atoms with Crippen molar-refractivity contribution in [3.8, 4) is 0 Å². The number of benzene rings is 2. The molecule has 0 bridgehead atoms. The number of rotatable bonds is 5. The third kappa shape index (κ3) is 4.53. The molecule has 28 heavy (non-hydrogen) atoms. The molecule has 0 aliphatic heterocycles. The molecular weight excluding hydrogens is 358 g/mol. The highest BCUT2D eigenvalue weighted by Crippen LogP contribution is 2.15. The minimum absolute atomic E-state index is 0.0172. The molecule has 0 spiro atoms. The van der Waals surface area contributed by atoms with E-state index in [1.807, 2.05) is 32.0 Å². The lowest BCUT2D eigenvalue weighted by Crippen LogP contribution is -2.45. The molecule has 3 rings (SSSR count). The zero-order chi connectivity index (χ0) is 20.1. The molecule has 0 aliphatic carbocycles. The molecule has 0 radical (unpaired) electrons. The summed E-state index contributed by atoms with van der Waals surface area (Å²) < 4.78 is 1.41. The summed E-state index contributed by atoms with van der Waals surface area (Å²) in [6.45, 7) is 3.84. The van der Waals surface area contributed by atoms with Crippen LogP contribution in [-0.2, 0) is 16.1 Å². The number of aryl methyl sites for hydroxylation is 2. The quantitative estimate of drug-likeness (QED) is 0.579. The van der Waals surface area contributed by atoms with Crippen LogP contribution in [0.15, 0.2) is 53.5 Å². The Morgan fingerprint density at radius 3 is 2.57 bits per heavy atom. The number of nitrogens with zero attached hydrogens (tertiary/aromatic N) is 2. The molecule has 1 aromatic heterocycles. The van der Waals surface area contributed by atoms with Gasteiger partial charge in [-0.15, -0.1) is 0 Å². The Kier molecular flexibility index (Phi) is 5.69. The Labute approximate surface area is 161 Å². The number of carbonyl (C=O) groups excluding carboxylic acids is 2. The summed E-state index contributed by atoms with van der Waals surface area (Å²) in [6, 6.07) is 12.8. The van der Waals surface area contributed by atoms with Crippen molar-refractivity contribution in [3.05, 3.63) is 70.0 Å². The van der Waals surface area contributed by atoms with E-state index < -0.39 is 5.91 Å². The average Bonchev–Trinajstić information content (AvgIpc) is 2.68. The topological polar surface area (TPSA) is 105 Å². The normalized spacial score (nSPS) is 10.5. The van der Waals surface area contributed by atoms with Crippen LogP contribution in [0.3, 0.4) is 0 Å². The van der Waals surface area contributed by atoms with Crippen molar-refractivity contribution >= 4 is 28.4 Å². The molecule has 1 heterocycles. The fraction of sp³-hybridized carbons (Fsp3) is 0.200. The van der Waals surface area contributed by atoms with E-state index in [2.05, 4.69) is 21.3 Å². The van der Waals surface area contributed by atoms with Crippen LogP contribution in [0.2, 0.25) is 0 Å². The SMILES string of the molecule is Cc1ccc(NCC(=O)NNC(=O)Cn2ncc(=O)c3ccccc32)c(C)c1. The first kappa shape index (κ1) is 19.1. The highest BCUT2D eigenvalue weighted by Gasteiger charge is 2.09. The first-order valence-corrected chi connectivity index (χ1v) is 8.78. The van der Waals surface area contributed by atoms with E-state index in [9.17, 15) is 14.4 Å². The number of hydrogen-bond acceptors (Lipinski definition) is 5. The van der Waals surface area contributed by atoms with Crippen molar-refractivity contribution < 1.29 is 9.59 Å². The molecule has 2 aromatic carbocycles. The minimum atomic E-state index is -0.457. The number of hydrogen-bond donors (Lipinski definition) is 3. The summed E-state index contributed by atoms with van der Waals surface area (Å²) in [5.74, 6) is -0.841. The molecule has 3 N–H and O–H groups in total. The molecule has 0 atom stereocenters. The molecule has 0 saturated carbocycles. The molecule has 0 aliphatic rings. The molecule has 0 saturated heterocycles. The van der Waals surface area contributed by atoms with Gasteiger partial charge in [0.1, 0.15) is 6.54 Å². The van der Waals surface area contributed by atoms with Crippen LogP contribution >= 0.6 is 0 Å². The van der Waals surface area contributed by atoms with Gasteiger partial charge >= 0.3 is 0 Å². The largest absolute Gasteiger partial charge is 0.376 e. The van der Waals surface area contributed by atoms with Gasteiger partial charge in [-0.1, -0.05) is 29.8 Å². The highest BCUT2D eigenvalue weighted by molar-refractivity contribution is 5.85. The molecule has 2 amide bonds. The Morgan fingerprint density at radius 2 is 1.79 bits per heavy atom. The predicted octanol–water partition coefficient (Wildman–Crippen LogP) is 1.27. The van der Waals surface area contributed by atoms with Gasteiger partial charge in [-0.2, -0.15) is 5.10 Å². The van der Waals surface area contributed by atoms with Gasteiger partial charge in [-0.25, -0.2) is 0 Å². The van der Waals surface area contributed by atoms with E-state index in [1.54, 1.807) is 24.3 Å². The van der Waals surface area contributed by atoms with Crippen molar-refractivity contribution in [2.75, 3.05) is 11.9 Å². The lowest BCUT2D eigenvalue weighted by atomic mass is 10.1. The molecular formula is C20H21N5O3. The summed E-state index contributed by atoms with van der Waals surface area (Å²) in [6.07, 6.45) is 1.17. The number of aromatic nitrogens is 2. The Hall–Kier alpha value is -3.68. The highest BCUT2D eigenvalue weighted by atomic mass is 16.2. The fourth-order valence-electron chi connectivity index (χ4n) is 2.83. The van der Waals surface area contributed by atoms with Gasteiger partial charge in [0, 0.05) is 11.1 Å². The van der Waals surface area contributed by atoms with Crippen molar-refractivity contribution in [2.24, 2.45) is 0 Å². The zero-order valence-electron chi connectivity index (χ0n) is 15.7. The third-order valence-electron chi connectivity index (χ3n) is 4.22. The number of fused-ring (bicyclic) bond motifs is 1. The Bertz CT molecular complexity index is 1090. The van der Waals surface area contributed by atoms with E-state index in [0.717, 1.165) is 16.8 Å². The second kappa shape index (κ2) is 8.34. The van der Waals surface area contributed by atoms with Crippen molar-refractivity contribution in [3.63, 3.8) is 0 Å². The molecule has 3 aromatic rings. The number of nitrogens with one attached hydrogen (secondary N) is 3. The van der Waals surface area contributed by atoms with E-state index in [-0.39, 0.29) is 24.4 Å². The molecule has 8 heteroatoms. The van der Waals surface area contributed by atoms with Gasteiger partial charge in [0.05, 0.1) is 18.3 Å². The second-order valence-corrected chi connectivity index (χ2v) is 6.45. The smallest absolute Gasteiger partial charge is 0.260 e. The number of amides is 2. The number of hydrazine groups is 1. The van der Waals surface area contributed by atoms with Gasteiger partial charge in [0.15, 0.2) is 0 Å². The van der Waals surface area contributed by atoms with E-state index in [4.69, 9.17) is 0 Å². The first-order chi connectivity index (χ1) is 13.4. The third-order valence-corrected chi connectivity index (χ3v) is 4.22. The number of anilines is 1. The maximum Gasteiger partial charge on any atom is 0.260 e. The number of para-hydroxylation sites is 1. The van der Waals surface area contributed by atoms with Crippen LogP contribution in [-0.4, -0.2) is 28.1 Å². The lowest BCUT2D eigenvalue weighted by molar-refractivity contribution is -0.128. The van der Waals surface area contributed by atoms with Gasteiger partial charge in [0.2, 0.25) is 5.43 Å². The minimum Gasteiger partial charge on any atom is -0.376 e. The summed E-state index contributed by atoms with van der Waals surface area (Å²) in [4.78, 5) is 35.9. The molecule has 144 valence electrons. The molecule has 0 fully saturated rings. The van der Waals surface area contributed by atoms with Crippen LogP contribution in [0.5, 0.6) is 0 Å². The fourth-order valence-corrected chi connectivity index (χ4v) is 2.83.